The summed E-state index contributed by atoms with van der Waals surface area (Å²) in [7, 11) is 1.83. The van der Waals surface area contributed by atoms with Gasteiger partial charge in [0, 0.05) is 26.2 Å². The van der Waals surface area contributed by atoms with Gasteiger partial charge in [0.1, 0.15) is 0 Å². The molecule has 2 N–H and O–H groups in total. The van der Waals surface area contributed by atoms with Crippen molar-refractivity contribution in [3.63, 3.8) is 0 Å². The Morgan fingerprint density at radius 1 is 1.00 bits per heavy atom. The molecule has 0 bridgehead atoms. The second-order valence-corrected chi connectivity index (χ2v) is 5.40. The Balaban J connectivity index is 2.20. The first-order chi connectivity index (χ1) is 9.10. The summed E-state index contributed by atoms with van der Waals surface area (Å²) < 4.78 is 0. The molecule has 1 aromatic rings. The van der Waals surface area contributed by atoms with Crippen LogP contribution in [0.3, 0.4) is 0 Å². The molecule has 19 heavy (non-hydrogen) atoms. The standard InChI is InChI=1S/C13H24N6/c1-9(2)10(3)15-12-16-11(14-4)17-13(18-12)19-7-5-6-8-19/h9-10H,5-8H2,1-4H3,(H2,14,15,16,17,18). The lowest BCUT2D eigenvalue weighted by Crippen LogP contribution is -2.26. The summed E-state index contributed by atoms with van der Waals surface area (Å²) in [6, 6.07) is 0.332. The van der Waals surface area contributed by atoms with Crippen LogP contribution in [-0.4, -0.2) is 41.1 Å². The van der Waals surface area contributed by atoms with Crippen molar-refractivity contribution in [1.29, 1.82) is 0 Å². The third-order valence-electron chi connectivity index (χ3n) is 3.59. The van der Waals surface area contributed by atoms with E-state index < -0.39 is 0 Å². The number of anilines is 3. The van der Waals surface area contributed by atoms with E-state index >= 15 is 0 Å². The van der Waals surface area contributed by atoms with Gasteiger partial charge >= 0.3 is 0 Å². The highest BCUT2D eigenvalue weighted by Crippen LogP contribution is 2.19. The van der Waals surface area contributed by atoms with Gasteiger partial charge < -0.3 is 15.5 Å². The highest BCUT2D eigenvalue weighted by atomic mass is 15.3. The normalized spacial score (nSPS) is 16.8. The largest absolute Gasteiger partial charge is 0.357 e. The van der Waals surface area contributed by atoms with E-state index in [1.807, 2.05) is 7.05 Å². The van der Waals surface area contributed by atoms with Crippen molar-refractivity contribution in [2.45, 2.75) is 39.7 Å². The molecule has 1 saturated heterocycles. The molecule has 0 amide bonds. The minimum absolute atomic E-state index is 0.332. The average Bonchev–Trinajstić information content (AvgIpc) is 2.92. The van der Waals surface area contributed by atoms with Crippen molar-refractivity contribution in [2.24, 2.45) is 5.92 Å². The van der Waals surface area contributed by atoms with Gasteiger partial charge in [-0.25, -0.2) is 0 Å². The fourth-order valence-electron chi connectivity index (χ4n) is 1.97. The quantitative estimate of drug-likeness (QED) is 0.847. The molecule has 6 heteroatoms. The van der Waals surface area contributed by atoms with Crippen molar-refractivity contribution in [2.75, 3.05) is 35.7 Å². The van der Waals surface area contributed by atoms with Gasteiger partial charge in [-0.15, -0.1) is 0 Å². The van der Waals surface area contributed by atoms with E-state index in [4.69, 9.17) is 0 Å². The Morgan fingerprint density at radius 3 is 2.21 bits per heavy atom. The average molecular weight is 264 g/mol. The molecule has 2 rings (SSSR count). The molecule has 6 nitrogen and oxygen atoms in total. The predicted octanol–water partition coefficient (Wildman–Crippen LogP) is 1.97. The maximum atomic E-state index is 4.54. The van der Waals surface area contributed by atoms with Gasteiger partial charge in [0.2, 0.25) is 17.8 Å². The molecule has 1 fully saturated rings. The van der Waals surface area contributed by atoms with E-state index in [0.717, 1.165) is 19.0 Å². The fraction of sp³-hybridized carbons (Fsp3) is 0.769. The minimum atomic E-state index is 0.332. The monoisotopic (exact) mass is 264 g/mol. The van der Waals surface area contributed by atoms with Gasteiger partial charge in [-0.2, -0.15) is 15.0 Å². The van der Waals surface area contributed by atoms with Crippen molar-refractivity contribution in [3.05, 3.63) is 0 Å². The van der Waals surface area contributed by atoms with Gasteiger partial charge in [0.05, 0.1) is 0 Å². The first kappa shape index (κ1) is 13.8. The zero-order chi connectivity index (χ0) is 13.8. The molecule has 0 radical (unpaired) electrons. The van der Waals surface area contributed by atoms with Crippen LogP contribution < -0.4 is 15.5 Å². The van der Waals surface area contributed by atoms with Crippen LogP contribution in [-0.2, 0) is 0 Å². The minimum Gasteiger partial charge on any atom is -0.357 e. The lowest BCUT2D eigenvalue weighted by Gasteiger charge is -2.20. The summed E-state index contributed by atoms with van der Waals surface area (Å²) in [5, 5.41) is 6.36. The molecule has 2 heterocycles. The number of rotatable bonds is 5. The number of aromatic nitrogens is 3. The summed E-state index contributed by atoms with van der Waals surface area (Å²) in [5.74, 6) is 2.58. The maximum Gasteiger partial charge on any atom is 0.231 e. The van der Waals surface area contributed by atoms with E-state index in [-0.39, 0.29) is 0 Å². The first-order valence-corrected chi connectivity index (χ1v) is 7.05. The third-order valence-corrected chi connectivity index (χ3v) is 3.59. The van der Waals surface area contributed by atoms with Crippen LogP contribution in [0.1, 0.15) is 33.6 Å². The molecule has 0 spiro atoms. The number of nitrogens with zero attached hydrogens (tertiary/aromatic N) is 4. The number of nitrogens with one attached hydrogen (secondary N) is 2. The third kappa shape index (κ3) is 3.45. The van der Waals surface area contributed by atoms with Crippen LogP contribution in [0.5, 0.6) is 0 Å². The molecule has 0 aromatic carbocycles. The van der Waals surface area contributed by atoms with Gasteiger partial charge in [-0.05, 0) is 25.7 Å². The molecule has 1 aliphatic heterocycles. The zero-order valence-electron chi connectivity index (χ0n) is 12.3. The SMILES string of the molecule is CNc1nc(NC(C)C(C)C)nc(N2CCCC2)n1. The van der Waals surface area contributed by atoms with Crippen LogP contribution in [0.4, 0.5) is 17.8 Å². The Bertz CT molecular complexity index is 414. The summed E-state index contributed by atoms with van der Waals surface area (Å²) in [6.45, 7) is 8.57. The molecule has 106 valence electrons. The van der Waals surface area contributed by atoms with Crippen LogP contribution in [0.15, 0.2) is 0 Å². The van der Waals surface area contributed by atoms with Crippen molar-refractivity contribution >= 4 is 17.8 Å². The molecule has 0 aliphatic carbocycles. The van der Waals surface area contributed by atoms with Gasteiger partial charge in [0.15, 0.2) is 0 Å². The molecule has 1 unspecified atom stereocenters. The van der Waals surface area contributed by atoms with Crippen molar-refractivity contribution < 1.29 is 0 Å². The fourth-order valence-corrected chi connectivity index (χ4v) is 1.97. The maximum absolute atomic E-state index is 4.54. The highest BCUT2D eigenvalue weighted by molar-refractivity contribution is 5.44. The molecular formula is C13H24N6. The van der Waals surface area contributed by atoms with E-state index in [9.17, 15) is 0 Å². The van der Waals surface area contributed by atoms with E-state index in [1.54, 1.807) is 0 Å². The van der Waals surface area contributed by atoms with Crippen LogP contribution in [0.25, 0.3) is 0 Å². The summed E-state index contributed by atoms with van der Waals surface area (Å²) >= 11 is 0. The lowest BCUT2D eigenvalue weighted by atomic mass is 10.1. The Labute approximate surface area is 115 Å². The van der Waals surface area contributed by atoms with Gasteiger partial charge in [-0.3, -0.25) is 0 Å². The predicted molar refractivity (Wildman–Crippen MR) is 78.7 cm³/mol. The second-order valence-electron chi connectivity index (χ2n) is 5.40. The number of hydrogen-bond acceptors (Lipinski definition) is 6. The molecule has 0 saturated carbocycles. The smallest absolute Gasteiger partial charge is 0.231 e. The second kappa shape index (κ2) is 6.04. The molecule has 1 aliphatic rings. The van der Waals surface area contributed by atoms with E-state index in [2.05, 4.69) is 51.3 Å². The topological polar surface area (TPSA) is 66.0 Å². The Morgan fingerprint density at radius 2 is 1.63 bits per heavy atom. The van der Waals surface area contributed by atoms with E-state index in [0.29, 0.717) is 23.9 Å². The van der Waals surface area contributed by atoms with E-state index in [1.165, 1.54) is 12.8 Å². The van der Waals surface area contributed by atoms with Gasteiger partial charge in [-0.1, -0.05) is 13.8 Å². The Kier molecular flexibility index (Phi) is 4.39. The molecule has 1 aromatic heterocycles. The summed E-state index contributed by atoms with van der Waals surface area (Å²) in [6.07, 6.45) is 2.43. The number of hydrogen-bond donors (Lipinski definition) is 2. The zero-order valence-corrected chi connectivity index (χ0v) is 12.3. The van der Waals surface area contributed by atoms with Crippen LogP contribution in [0, 0.1) is 5.92 Å². The van der Waals surface area contributed by atoms with Crippen LogP contribution >= 0.6 is 0 Å². The summed E-state index contributed by atoms with van der Waals surface area (Å²) in [4.78, 5) is 15.6. The van der Waals surface area contributed by atoms with Gasteiger partial charge in [0.25, 0.3) is 0 Å². The molecule has 1 atom stereocenters. The lowest BCUT2D eigenvalue weighted by molar-refractivity contribution is 0.556. The van der Waals surface area contributed by atoms with Crippen LogP contribution in [0.2, 0.25) is 0 Å². The Hall–Kier alpha value is -1.59. The van der Waals surface area contributed by atoms with Crippen molar-refractivity contribution in [1.82, 2.24) is 15.0 Å². The van der Waals surface area contributed by atoms with Crippen molar-refractivity contribution in [3.8, 4) is 0 Å². The molecular weight excluding hydrogens is 240 g/mol. The first-order valence-electron chi connectivity index (χ1n) is 7.05. The highest BCUT2D eigenvalue weighted by Gasteiger charge is 2.18. The summed E-state index contributed by atoms with van der Waals surface area (Å²) in [5.41, 5.74) is 0.